The van der Waals surface area contributed by atoms with Crippen LogP contribution in [0.5, 0.6) is 11.5 Å². The van der Waals surface area contributed by atoms with Gasteiger partial charge in [-0.1, -0.05) is 6.07 Å². The Balaban J connectivity index is 1.41. The first-order valence-corrected chi connectivity index (χ1v) is 11.4. The highest BCUT2D eigenvalue weighted by Crippen LogP contribution is 2.62. The summed E-state index contributed by atoms with van der Waals surface area (Å²) in [5.74, 6) is 3.45. The molecule has 0 amide bonds. The minimum atomic E-state index is -0.920. The molecule has 1 aliphatic heterocycles. The van der Waals surface area contributed by atoms with Gasteiger partial charge in [-0.3, -0.25) is 0 Å². The summed E-state index contributed by atoms with van der Waals surface area (Å²) in [5, 5.41) is 9.34. The first-order valence-electron chi connectivity index (χ1n) is 11.4. The van der Waals surface area contributed by atoms with E-state index in [9.17, 15) is 9.90 Å². The van der Waals surface area contributed by atoms with Crippen molar-refractivity contribution in [3.63, 3.8) is 0 Å². The molecule has 5 aliphatic rings. The number of carboxylic acids is 1. The van der Waals surface area contributed by atoms with Gasteiger partial charge in [0.25, 0.3) is 0 Å². The number of aromatic carboxylic acids is 1. The number of methoxy groups -OCH3 is 1. The van der Waals surface area contributed by atoms with Crippen molar-refractivity contribution in [3.8, 4) is 11.5 Å². The number of hydrogen-bond donors (Lipinski definition) is 1. The second-order valence-corrected chi connectivity index (χ2v) is 10.1. The van der Waals surface area contributed by atoms with Crippen molar-refractivity contribution in [2.24, 2.45) is 17.8 Å². The van der Waals surface area contributed by atoms with Crippen LogP contribution in [0.4, 0.5) is 0 Å². The van der Waals surface area contributed by atoms with Crippen molar-refractivity contribution in [2.75, 3.05) is 13.7 Å². The molecule has 4 aliphatic carbocycles. The maximum absolute atomic E-state index is 11.4. The third-order valence-corrected chi connectivity index (χ3v) is 8.15. The average molecular weight is 417 g/mol. The second kappa shape index (κ2) is 6.88. The highest BCUT2D eigenvalue weighted by atomic mass is 16.5. The fourth-order valence-electron chi connectivity index (χ4n) is 7.24. The smallest absolute Gasteiger partial charge is 0.335 e. The van der Waals surface area contributed by atoms with Gasteiger partial charge in [-0.15, -0.1) is 0 Å². The summed E-state index contributed by atoms with van der Waals surface area (Å²) in [6.07, 6.45) is 10.2. The summed E-state index contributed by atoms with van der Waals surface area (Å²) in [4.78, 5) is 11.4. The van der Waals surface area contributed by atoms with E-state index in [0.29, 0.717) is 6.61 Å². The third kappa shape index (κ3) is 3.07. The van der Waals surface area contributed by atoms with Gasteiger partial charge in [-0.25, -0.2) is 4.79 Å². The molecule has 160 valence electrons. The topological polar surface area (TPSA) is 55.8 Å². The van der Waals surface area contributed by atoms with Gasteiger partial charge in [-0.05, 0) is 109 Å². The number of rotatable bonds is 4. The lowest BCUT2D eigenvalue weighted by molar-refractivity contribution is -0.00616. The van der Waals surface area contributed by atoms with Crippen molar-refractivity contribution >= 4 is 17.6 Å². The minimum absolute atomic E-state index is 0.251. The van der Waals surface area contributed by atoms with Crippen molar-refractivity contribution in [1.82, 2.24) is 0 Å². The van der Waals surface area contributed by atoms with E-state index >= 15 is 0 Å². The molecule has 0 radical (unpaired) electrons. The number of carboxylic acid groups (broad SMARTS) is 1. The highest BCUT2D eigenvalue weighted by molar-refractivity contribution is 5.92. The predicted molar refractivity (Wildman–Crippen MR) is 120 cm³/mol. The Hall–Kier alpha value is -2.75. The summed E-state index contributed by atoms with van der Waals surface area (Å²) < 4.78 is 11.8. The molecule has 4 nitrogen and oxygen atoms in total. The number of hydrogen-bond acceptors (Lipinski definition) is 3. The van der Waals surface area contributed by atoms with Crippen LogP contribution in [0.25, 0.3) is 11.6 Å². The number of fused-ring (bicyclic) bond motifs is 1. The molecule has 31 heavy (non-hydrogen) atoms. The lowest BCUT2D eigenvalue weighted by atomic mass is 9.48. The summed E-state index contributed by atoms with van der Waals surface area (Å²) in [6.45, 7) is 0.492. The van der Waals surface area contributed by atoms with E-state index in [2.05, 4.69) is 24.3 Å². The van der Waals surface area contributed by atoms with Crippen LogP contribution in [0.3, 0.4) is 0 Å². The molecule has 0 aromatic heterocycles. The molecule has 0 saturated heterocycles. The number of benzene rings is 2. The highest BCUT2D eigenvalue weighted by Gasteiger charge is 2.52. The van der Waals surface area contributed by atoms with E-state index in [1.54, 1.807) is 25.3 Å². The third-order valence-electron chi connectivity index (χ3n) is 8.15. The van der Waals surface area contributed by atoms with Crippen LogP contribution in [0.15, 0.2) is 36.4 Å². The van der Waals surface area contributed by atoms with Crippen LogP contribution in [0.2, 0.25) is 0 Å². The molecule has 0 unspecified atom stereocenters. The quantitative estimate of drug-likeness (QED) is 0.685. The van der Waals surface area contributed by atoms with E-state index in [0.717, 1.165) is 46.0 Å². The Morgan fingerprint density at radius 1 is 1.03 bits per heavy atom. The van der Waals surface area contributed by atoms with Crippen molar-refractivity contribution in [3.05, 3.63) is 58.7 Å². The molecule has 0 atom stereocenters. The Morgan fingerprint density at radius 3 is 2.39 bits per heavy atom. The van der Waals surface area contributed by atoms with Crippen molar-refractivity contribution in [1.29, 1.82) is 0 Å². The Labute approximate surface area is 182 Å². The summed E-state index contributed by atoms with van der Waals surface area (Å²) in [7, 11) is 1.78. The zero-order valence-electron chi connectivity index (χ0n) is 17.9. The van der Waals surface area contributed by atoms with Gasteiger partial charge in [-0.2, -0.15) is 0 Å². The summed E-state index contributed by atoms with van der Waals surface area (Å²) in [6, 6.07) is 11.6. The van der Waals surface area contributed by atoms with Gasteiger partial charge in [0.15, 0.2) is 0 Å². The van der Waals surface area contributed by atoms with Crippen LogP contribution < -0.4 is 9.47 Å². The van der Waals surface area contributed by atoms with Crippen LogP contribution in [0.1, 0.15) is 65.6 Å². The first-order chi connectivity index (χ1) is 15.0. The van der Waals surface area contributed by atoms with Crippen LogP contribution in [0, 0.1) is 17.8 Å². The standard InChI is InChI=1S/C27H28O4/c1-30-25-5-2-19(22-10-21-9-20(26(28)29)3-4-24(21)31-15-22)11-23(25)27-12-16-6-17(13-27)8-18(7-16)14-27/h2-5,9-11,16-18H,6-8,12-15H2,1H3,(H,28,29). The summed E-state index contributed by atoms with van der Waals surface area (Å²) in [5.41, 5.74) is 4.97. The Morgan fingerprint density at radius 2 is 1.74 bits per heavy atom. The molecule has 4 bridgehead atoms. The fourth-order valence-corrected chi connectivity index (χ4v) is 7.24. The minimum Gasteiger partial charge on any atom is -0.496 e. The molecular formula is C27H28O4. The lowest BCUT2D eigenvalue weighted by Crippen LogP contribution is -2.48. The Kier molecular flexibility index (Phi) is 4.21. The van der Waals surface area contributed by atoms with Gasteiger partial charge in [0.2, 0.25) is 0 Å². The van der Waals surface area contributed by atoms with E-state index in [-0.39, 0.29) is 11.0 Å². The largest absolute Gasteiger partial charge is 0.496 e. The molecular weight excluding hydrogens is 388 g/mol. The molecule has 2 aromatic rings. The molecule has 0 spiro atoms. The second-order valence-electron chi connectivity index (χ2n) is 10.1. The fraction of sp³-hybridized carbons (Fsp3) is 0.444. The van der Waals surface area contributed by atoms with Crippen molar-refractivity contribution in [2.45, 2.75) is 43.9 Å². The number of carbonyl (C=O) groups is 1. The van der Waals surface area contributed by atoms with E-state index in [1.807, 2.05) is 0 Å². The van der Waals surface area contributed by atoms with Gasteiger partial charge in [0.05, 0.1) is 12.7 Å². The normalized spacial score (nSPS) is 30.4. The molecule has 7 rings (SSSR count). The SMILES string of the molecule is COc1ccc(C2=Cc3cc(C(=O)O)ccc3OC2)cc1C12CC3CC(CC(C3)C1)C2. The average Bonchev–Trinajstić information content (AvgIpc) is 2.77. The lowest BCUT2D eigenvalue weighted by Gasteiger charge is -2.57. The first kappa shape index (κ1) is 19.0. The molecule has 2 aromatic carbocycles. The van der Waals surface area contributed by atoms with E-state index < -0.39 is 5.97 Å². The zero-order chi connectivity index (χ0) is 21.2. The van der Waals surface area contributed by atoms with Gasteiger partial charge in [0.1, 0.15) is 18.1 Å². The van der Waals surface area contributed by atoms with E-state index in [4.69, 9.17) is 9.47 Å². The molecule has 1 N–H and O–H groups in total. The monoisotopic (exact) mass is 416 g/mol. The molecule has 4 heteroatoms. The van der Waals surface area contributed by atoms with Crippen LogP contribution in [-0.4, -0.2) is 24.8 Å². The number of ether oxygens (including phenoxy) is 2. The zero-order valence-corrected chi connectivity index (χ0v) is 17.9. The maximum atomic E-state index is 11.4. The molecule has 4 fully saturated rings. The van der Waals surface area contributed by atoms with E-state index in [1.165, 1.54) is 44.1 Å². The maximum Gasteiger partial charge on any atom is 0.335 e. The van der Waals surface area contributed by atoms with Crippen LogP contribution >= 0.6 is 0 Å². The summed E-state index contributed by atoms with van der Waals surface area (Å²) >= 11 is 0. The van der Waals surface area contributed by atoms with Gasteiger partial charge < -0.3 is 14.6 Å². The van der Waals surface area contributed by atoms with Crippen molar-refractivity contribution < 1.29 is 19.4 Å². The van der Waals surface area contributed by atoms with Gasteiger partial charge in [0, 0.05) is 11.1 Å². The predicted octanol–water partition coefficient (Wildman–Crippen LogP) is 5.79. The molecule has 4 saturated carbocycles. The Bertz CT molecular complexity index is 1060. The molecule has 1 heterocycles. The van der Waals surface area contributed by atoms with Crippen LogP contribution in [-0.2, 0) is 5.41 Å². The van der Waals surface area contributed by atoms with Gasteiger partial charge >= 0.3 is 5.97 Å².